The van der Waals surface area contributed by atoms with Gasteiger partial charge in [-0.3, -0.25) is 9.59 Å². The summed E-state index contributed by atoms with van der Waals surface area (Å²) in [6.45, 7) is 0.865. The standard InChI is InChI=1S/C24H21ClN2O4/c25-18-6-10-21(11-7-18)31-22-3-1-2-19(14-22)26-23(29)17-12-13-27(15-17)24(30)16-4-8-20(28)9-5-16/h1-11,14,17,28H,12-13,15H2,(H,26,29). The van der Waals surface area contributed by atoms with Crippen LogP contribution in [0.1, 0.15) is 16.8 Å². The van der Waals surface area contributed by atoms with E-state index >= 15 is 0 Å². The molecule has 2 amide bonds. The van der Waals surface area contributed by atoms with E-state index in [1.807, 2.05) is 0 Å². The predicted molar refractivity (Wildman–Crippen MR) is 119 cm³/mol. The molecule has 3 aromatic rings. The molecule has 1 fully saturated rings. The lowest BCUT2D eigenvalue weighted by Crippen LogP contribution is -2.31. The molecule has 3 aromatic carbocycles. The monoisotopic (exact) mass is 436 g/mol. The highest BCUT2D eigenvalue weighted by atomic mass is 35.5. The van der Waals surface area contributed by atoms with E-state index in [-0.39, 0.29) is 23.5 Å². The molecule has 1 aliphatic rings. The summed E-state index contributed by atoms with van der Waals surface area (Å²) in [5.74, 6) is 0.778. The van der Waals surface area contributed by atoms with Gasteiger partial charge < -0.3 is 20.1 Å². The smallest absolute Gasteiger partial charge is 0.253 e. The van der Waals surface area contributed by atoms with Crippen LogP contribution in [0.25, 0.3) is 0 Å². The number of phenols is 1. The fraction of sp³-hybridized carbons (Fsp3) is 0.167. The number of hydrogen-bond donors (Lipinski definition) is 2. The first-order chi connectivity index (χ1) is 15.0. The minimum atomic E-state index is -0.290. The van der Waals surface area contributed by atoms with E-state index in [2.05, 4.69) is 5.32 Å². The SMILES string of the molecule is O=C(Nc1cccc(Oc2ccc(Cl)cc2)c1)C1CCN(C(=O)c2ccc(O)cc2)C1. The molecule has 0 saturated carbocycles. The normalized spacial score (nSPS) is 15.5. The number of phenolic OH excluding ortho intramolecular Hbond substituents is 1. The Hall–Kier alpha value is -3.51. The van der Waals surface area contributed by atoms with Crippen molar-refractivity contribution in [3.05, 3.63) is 83.4 Å². The van der Waals surface area contributed by atoms with Gasteiger partial charge in [-0.15, -0.1) is 0 Å². The third kappa shape index (κ3) is 5.16. The molecule has 0 radical (unpaired) electrons. The van der Waals surface area contributed by atoms with Crippen molar-refractivity contribution in [2.24, 2.45) is 5.92 Å². The van der Waals surface area contributed by atoms with Crippen LogP contribution in [0.4, 0.5) is 5.69 Å². The average molecular weight is 437 g/mol. The summed E-state index contributed by atoms with van der Waals surface area (Å²) in [5.41, 5.74) is 1.12. The second-order valence-corrected chi connectivity index (χ2v) is 7.79. The van der Waals surface area contributed by atoms with Crippen molar-refractivity contribution in [1.82, 2.24) is 4.90 Å². The Morgan fingerprint density at radius 1 is 1.00 bits per heavy atom. The zero-order valence-electron chi connectivity index (χ0n) is 16.6. The summed E-state index contributed by atoms with van der Waals surface area (Å²) in [7, 11) is 0. The quantitative estimate of drug-likeness (QED) is 0.593. The number of amides is 2. The van der Waals surface area contributed by atoms with E-state index in [0.29, 0.717) is 47.3 Å². The summed E-state index contributed by atoms with van der Waals surface area (Å²) in [6.07, 6.45) is 0.594. The van der Waals surface area contributed by atoms with Crippen molar-refractivity contribution in [2.75, 3.05) is 18.4 Å². The maximum absolute atomic E-state index is 12.7. The molecule has 1 unspecified atom stereocenters. The van der Waals surface area contributed by atoms with Crippen LogP contribution in [-0.2, 0) is 4.79 Å². The zero-order chi connectivity index (χ0) is 21.8. The number of anilines is 1. The maximum atomic E-state index is 12.7. The predicted octanol–water partition coefficient (Wildman–Crippen LogP) is 4.94. The van der Waals surface area contributed by atoms with Gasteiger partial charge in [0.25, 0.3) is 5.91 Å². The topological polar surface area (TPSA) is 78.9 Å². The minimum Gasteiger partial charge on any atom is -0.508 e. The molecule has 7 heteroatoms. The molecule has 0 spiro atoms. The first-order valence-corrected chi connectivity index (χ1v) is 10.3. The number of carbonyl (C=O) groups excluding carboxylic acids is 2. The summed E-state index contributed by atoms with van der Waals surface area (Å²) in [6, 6.07) is 20.3. The molecule has 2 N–H and O–H groups in total. The largest absolute Gasteiger partial charge is 0.508 e. The third-order valence-corrected chi connectivity index (χ3v) is 5.36. The highest BCUT2D eigenvalue weighted by Gasteiger charge is 2.31. The molecule has 158 valence electrons. The lowest BCUT2D eigenvalue weighted by molar-refractivity contribution is -0.119. The van der Waals surface area contributed by atoms with Gasteiger partial charge in [0.1, 0.15) is 17.2 Å². The maximum Gasteiger partial charge on any atom is 0.253 e. The van der Waals surface area contributed by atoms with E-state index in [0.717, 1.165) is 0 Å². The van der Waals surface area contributed by atoms with E-state index in [9.17, 15) is 14.7 Å². The number of rotatable bonds is 5. The molecule has 1 saturated heterocycles. The lowest BCUT2D eigenvalue weighted by Gasteiger charge is -2.17. The molecular weight excluding hydrogens is 416 g/mol. The number of halogens is 1. The number of likely N-dealkylation sites (tertiary alicyclic amines) is 1. The molecule has 0 bridgehead atoms. The van der Waals surface area contributed by atoms with Gasteiger partial charge >= 0.3 is 0 Å². The van der Waals surface area contributed by atoms with Crippen LogP contribution in [0, 0.1) is 5.92 Å². The first-order valence-electron chi connectivity index (χ1n) is 9.90. The van der Waals surface area contributed by atoms with Gasteiger partial charge in [-0.1, -0.05) is 17.7 Å². The second-order valence-electron chi connectivity index (χ2n) is 7.36. The number of nitrogens with one attached hydrogen (secondary N) is 1. The average Bonchev–Trinajstić information content (AvgIpc) is 3.26. The molecular formula is C24H21ClN2O4. The Bertz CT molecular complexity index is 1080. The molecule has 4 rings (SSSR count). The molecule has 1 aliphatic heterocycles. The Morgan fingerprint density at radius 3 is 2.48 bits per heavy atom. The zero-order valence-corrected chi connectivity index (χ0v) is 17.4. The van der Waals surface area contributed by atoms with Crippen LogP contribution in [0.5, 0.6) is 17.2 Å². The highest BCUT2D eigenvalue weighted by molar-refractivity contribution is 6.30. The van der Waals surface area contributed by atoms with Gasteiger partial charge in [0.2, 0.25) is 5.91 Å². The lowest BCUT2D eigenvalue weighted by atomic mass is 10.1. The van der Waals surface area contributed by atoms with Crippen molar-refractivity contribution >= 4 is 29.1 Å². The van der Waals surface area contributed by atoms with Crippen molar-refractivity contribution in [1.29, 1.82) is 0 Å². The van der Waals surface area contributed by atoms with Crippen molar-refractivity contribution in [3.8, 4) is 17.2 Å². The van der Waals surface area contributed by atoms with Crippen LogP contribution >= 0.6 is 11.6 Å². The summed E-state index contributed by atoms with van der Waals surface area (Å²) < 4.78 is 5.81. The van der Waals surface area contributed by atoms with Crippen LogP contribution in [-0.4, -0.2) is 34.9 Å². The van der Waals surface area contributed by atoms with Gasteiger partial charge in [0, 0.05) is 35.4 Å². The summed E-state index contributed by atoms with van der Waals surface area (Å²) in [4.78, 5) is 27.0. The van der Waals surface area contributed by atoms with Gasteiger partial charge in [-0.05, 0) is 67.1 Å². The Kier molecular flexibility index (Phi) is 6.09. The van der Waals surface area contributed by atoms with E-state index in [4.69, 9.17) is 16.3 Å². The third-order valence-electron chi connectivity index (χ3n) is 5.11. The van der Waals surface area contributed by atoms with E-state index in [1.165, 1.54) is 12.1 Å². The van der Waals surface area contributed by atoms with Crippen LogP contribution in [0.3, 0.4) is 0 Å². The molecule has 1 heterocycles. The Morgan fingerprint density at radius 2 is 1.74 bits per heavy atom. The Labute approximate surface area is 185 Å². The fourth-order valence-electron chi connectivity index (χ4n) is 3.47. The summed E-state index contributed by atoms with van der Waals surface area (Å²) >= 11 is 5.89. The number of carbonyl (C=O) groups is 2. The highest BCUT2D eigenvalue weighted by Crippen LogP contribution is 2.26. The molecule has 6 nitrogen and oxygen atoms in total. The van der Waals surface area contributed by atoms with E-state index in [1.54, 1.807) is 65.6 Å². The number of ether oxygens (including phenoxy) is 1. The van der Waals surface area contributed by atoms with Crippen molar-refractivity contribution in [2.45, 2.75) is 6.42 Å². The first kappa shape index (κ1) is 20.8. The minimum absolute atomic E-state index is 0.109. The van der Waals surface area contributed by atoms with Crippen molar-refractivity contribution in [3.63, 3.8) is 0 Å². The van der Waals surface area contributed by atoms with Gasteiger partial charge in [-0.2, -0.15) is 0 Å². The van der Waals surface area contributed by atoms with Gasteiger partial charge in [-0.25, -0.2) is 0 Å². The number of nitrogens with zero attached hydrogens (tertiary/aromatic N) is 1. The van der Waals surface area contributed by atoms with Gasteiger partial charge in [0.05, 0.1) is 5.92 Å². The van der Waals surface area contributed by atoms with E-state index < -0.39 is 0 Å². The van der Waals surface area contributed by atoms with Crippen LogP contribution < -0.4 is 10.1 Å². The number of hydrogen-bond acceptors (Lipinski definition) is 4. The Balaban J connectivity index is 1.36. The molecule has 0 aliphatic carbocycles. The molecule has 31 heavy (non-hydrogen) atoms. The fourth-order valence-corrected chi connectivity index (χ4v) is 3.59. The van der Waals surface area contributed by atoms with Crippen LogP contribution in [0.15, 0.2) is 72.8 Å². The number of benzene rings is 3. The van der Waals surface area contributed by atoms with Crippen LogP contribution in [0.2, 0.25) is 5.02 Å². The van der Waals surface area contributed by atoms with Gasteiger partial charge in [0.15, 0.2) is 0 Å². The molecule has 1 atom stereocenters. The summed E-state index contributed by atoms with van der Waals surface area (Å²) in [5, 5.41) is 12.9. The second kappa shape index (κ2) is 9.10. The molecule has 0 aromatic heterocycles. The van der Waals surface area contributed by atoms with Crippen molar-refractivity contribution < 1.29 is 19.4 Å². The number of aromatic hydroxyl groups is 1.